The highest BCUT2D eigenvalue weighted by molar-refractivity contribution is 5.92. The van der Waals surface area contributed by atoms with Crippen LogP contribution in [0.2, 0.25) is 0 Å². The summed E-state index contributed by atoms with van der Waals surface area (Å²) in [6, 6.07) is 8.16. The molecular formula is C16H21N3O2. The highest BCUT2D eigenvalue weighted by atomic mass is 16.5. The van der Waals surface area contributed by atoms with Crippen LogP contribution in [0.5, 0.6) is 0 Å². The standard InChI is InChI=1S/C16H21N3O2/c1-4-5-6-12-7-9-13(10-8-12)19-11(2)18-14(15(19)17)16(20)21-3/h7-10H,4-6,17H2,1-3H3. The number of aryl methyl sites for hydroxylation is 2. The molecule has 0 bridgehead atoms. The monoisotopic (exact) mass is 287 g/mol. The van der Waals surface area contributed by atoms with E-state index in [4.69, 9.17) is 5.73 Å². The van der Waals surface area contributed by atoms with Crippen molar-refractivity contribution in [1.29, 1.82) is 0 Å². The minimum absolute atomic E-state index is 0.157. The van der Waals surface area contributed by atoms with Crippen LogP contribution >= 0.6 is 0 Å². The molecule has 112 valence electrons. The smallest absolute Gasteiger partial charge is 0.360 e. The summed E-state index contributed by atoms with van der Waals surface area (Å²) in [5.74, 6) is 0.448. The maximum absolute atomic E-state index is 11.6. The number of esters is 1. The van der Waals surface area contributed by atoms with Crippen LogP contribution in [0.3, 0.4) is 0 Å². The maximum atomic E-state index is 11.6. The van der Waals surface area contributed by atoms with Crippen molar-refractivity contribution < 1.29 is 9.53 Å². The molecular weight excluding hydrogens is 266 g/mol. The second-order valence-corrected chi connectivity index (χ2v) is 4.99. The van der Waals surface area contributed by atoms with Gasteiger partial charge in [0.1, 0.15) is 11.6 Å². The number of hydrogen-bond donors (Lipinski definition) is 1. The van der Waals surface area contributed by atoms with Gasteiger partial charge in [-0.2, -0.15) is 0 Å². The van der Waals surface area contributed by atoms with Crippen molar-refractivity contribution in [3.05, 3.63) is 41.3 Å². The first kappa shape index (κ1) is 15.1. The van der Waals surface area contributed by atoms with Gasteiger partial charge in [-0.05, 0) is 37.5 Å². The van der Waals surface area contributed by atoms with Gasteiger partial charge in [0.25, 0.3) is 0 Å². The fourth-order valence-corrected chi connectivity index (χ4v) is 2.31. The lowest BCUT2D eigenvalue weighted by Gasteiger charge is -2.09. The number of carbonyl (C=O) groups is 1. The van der Waals surface area contributed by atoms with Gasteiger partial charge in [-0.1, -0.05) is 25.5 Å². The summed E-state index contributed by atoms with van der Waals surface area (Å²) in [5.41, 5.74) is 8.38. The summed E-state index contributed by atoms with van der Waals surface area (Å²) >= 11 is 0. The van der Waals surface area contributed by atoms with Gasteiger partial charge in [-0.15, -0.1) is 0 Å². The van der Waals surface area contributed by atoms with Crippen molar-refractivity contribution in [2.75, 3.05) is 12.8 Å². The first-order valence-corrected chi connectivity index (χ1v) is 7.11. The molecule has 0 spiro atoms. The molecule has 0 saturated heterocycles. The van der Waals surface area contributed by atoms with Crippen LogP contribution < -0.4 is 5.73 Å². The largest absolute Gasteiger partial charge is 0.464 e. The molecule has 1 aromatic heterocycles. The van der Waals surface area contributed by atoms with Crippen LogP contribution in [0, 0.1) is 6.92 Å². The number of hydrogen-bond acceptors (Lipinski definition) is 4. The Kier molecular flexibility index (Phi) is 4.62. The topological polar surface area (TPSA) is 70.1 Å². The Bertz CT molecular complexity index is 630. The zero-order valence-corrected chi connectivity index (χ0v) is 12.7. The predicted molar refractivity (Wildman–Crippen MR) is 82.7 cm³/mol. The number of nitrogens with two attached hydrogens (primary N) is 1. The first-order chi connectivity index (χ1) is 10.1. The van der Waals surface area contributed by atoms with Crippen LogP contribution in [0.25, 0.3) is 5.69 Å². The number of nitrogen functional groups attached to an aromatic ring is 1. The Labute approximate surface area is 124 Å². The van der Waals surface area contributed by atoms with E-state index < -0.39 is 5.97 Å². The highest BCUT2D eigenvalue weighted by Crippen LogP contribution is 2.21. The number of methoxy groups -OCH3 is 1. The highest BCUT2D eigenvalue weighted by Gasteiger charge is 2.19. The van der Waals surface area contributed by atoms with Crippen molar-refractivity contribution in [2.45, 2.75) is 33.1 Å². The fraction of sp³-hybridized carbons (Fsp3) is 0.375. The molecule has 2 aromatic rings. The minimum Gasteiger partial charge on any atom is -0.464 e. The summed E-state index contributed by atoms with van der Waals surface area (Å²) in [4.78, 5) is 15.8. The number of nitrogens with zero attached hydrogens (tertiary/aromatic N) is 2. The molecule has 0 atom stereocenters. The third-order valence-corrected chi connectivity index (χ3v) is 3.47. The molecule has 1 heterocycles. The molecule has 0 saturated carbocycles. The van der Waals surface area contributed by atoms with E-state index in [1.165, 1.54) is 25.5 Å². The van der Waals surface area contributed by atoms with Gasteiger partial charge in [0.15, 0.2) is 5.69 Å². The van der Waals surface area contributed by atoms with Crippen molar-refractivity contribution in [1.82, 2.24) is 9.55 Å². The van der Waals surface area contributed by atoms with Crippen LogP contribution in [-0.2, 0) is 11.2 Å². The zero-order chi connectivity index (χ0) is 15.4. The quantitative estimate of drug-likeness (QED) is 0.858. The molecule has 0 amide bonds. The second kappa shape index (κ2) is 6.43. The van der Waals surface area contributed by atoms with Gasteiger partial charge in [-0.3, -0.25) is 4.57 Å². The number of carbonyl (C=O) groups excluding carboxylic acids is 1. The van der Waals surface area contributed by atoms with E-state index in [0.717, 1.165) is 12.1 Å². The Balaban J connectivity index is 2.34. The van der Waals surface area contributed by atoms with E-state index in [9.17, 15) is 4.79 Å². The predicted octanol–water partition coefficient (Wildman–Crippen LogP) is 2.89. The molecule has 5 nitrogen and oxygen atoms in total. The lowest BCUT2D eigenvalue weighted by molar-refractivity contribution is 0.0596. The van der Waals surface area contributed by atoms with Crippen molar-refractivity contribution in [3.8, 4) is 5.69 Å². The SMILES string of the molecule is CCCCc1ccc(-n2c(C)nc(C(=O)OC)c2N)cc1. The van der Waals surface area contributed by atoms with Gasteiger partial charge in [0.05, 0.1) is 7.11 Å². The Morgan fingerprint density at radius 3 is 2.57 bits per heavy atom. The number of benzene rings is 1. The zero-order valence-electron chi connectivity index (χ0n) is 12.7. The molecule has 0 radical (unpaired) electrons. The summed E-state index contributed by atoms with van der Waals surface area (Å²) in [6.45, 7) is 3.99. The number of rotatable bonds is 5. The lowest BCUT2D eigenvalue weighted by Crippen LogP contribution is -2.07. The van der Waals surface area contributed by atoms with E-state index in [0.29, 0.717) is 11.6 Å². The summed E-state index contributed by atoms with van der Waals surface area (Å²) in [5, 5.41) is 0. The van der Waals surface area contributed by atoms with E-state index in [2.05, 4.69) is 28.8 Å². The summed E-state index contributed by atoms with van der Waals surface area (Å²) in [7, 11) is 1.32. The van der Waals surface area contributed by atoms with Crippen molar-refractivity contribution in [2.24, 2.45) is 0 Å². The lowest BCUT2D eigenvalue weighted by atomic mass is 10.1. The molecule has 0 aliphatic rings. The van der Waals surface area contributed by atoms with Gasteiger partial charge < -0.3 is 10.5 Å². The molecule has 1 aromatic carbocycles. The van der Waals surface area contributed by atoms with Crippen molar-refractivity contribution in [3.63, 3.8) is 0 Å². The van der Waals surface area contributed by atoms with E-state index in [-0.39, 0.29) is 5.69 Å². The molecule has 0 fully saturated rings. The van der Waals surface area contributed by atoms with Crippen molar-refractivity contribution >= 4 is 11.8 Å². The van der Waals surface area contributed by atoms with Crippen LogP contribution in [0.15, 0.2) is 24.3 Å². The number of unbranched alkanes of at least 4 members (excludes halogenated alkanes) is 1. The van der Waals surface area contributed by atoms with Crippen LogP contribution in [-0.4, -0.2) is 22.6 Å². The number of anilines is 1. The normalized spacial score (nSPS) is 10.6. The molecule has 21 heavy (non-hydrogen) atoms. The van der Waals surface area contributed by atoms with E-state index in [1.807, 2.05) is 19.1 Å². The van der Waals surface area contributed by atoms with Crippen LogP contribution in [0.4, 0.5) is 5.82 Å². The number of imidazole rings is 1. The molecule has 2 N–H and O–H groups in total. The van der Waals surface area contributed by atoms with Gasteiger partial charge in [-0.25, -0.2) is 9.78 Å². The summed E-state index contributed by atoms with van der Waals surface area (Å²) < 4.78 is 6.45. The van der Waals surface area contributed by atoms with E-state index >= 15 is 0 Å². The third-order valence-electron chi connectivity index (χ3n) is 3.47. The molecule has 0 unspecified atom stereocenters. The Hall–Kier alpha value is -2.30. The Morgan fingerprint density at radius 1 is 1.33 bits per heavy atom. The molecule has 0 aliphatic heterocycles. The van der Waals surface area contributed by atoms with Gasteiger partial charge in [0.2, 0.25) is 0 Å². The van der Waals surface area contributed by atoms with Crippen LogP contribution in [0.1, 0.15) is 41.6 Å². The molecule has 5 heteroatoms. The second-order valence-electron chi connectivity index (χ2n) is 4.99. The van der Waals surface area contributed by atoms with Gasteiger partial charge >= 0.3 is 5.97 Å². The third kappa shape index (κ3) is 3.07. The van der Waals surface area contributed by atoms with E-state index in [1.54, 1.807) is 4.57 Å². The summed E-state index contributed by atoms with van der Waals surface area (Å²) in [6.07, 6.45) is 3.43. The average molecular weight is 287 g/mol. The van der Waals surface area contributed by atoms with Gasteiger partial charge in [0, 0.05) is 5.69 Å². The maximum Gasteiger partial charge on any atom is 0.360 e. The number of aromatic nitrogens is 2. The fourth-order valence-electron chi connectivity index (χ4n) is 2.31. The molecule has 2 rings (SSSR count). The number of ether oxygens (including phenoxy) is 1. The first-order valence-electron chi connectivity index (χ1n) is 7.11. The minimum atomic E-state index is -0.520. The Morgan fingerprint density at radius 2 is 2.00 bits per heavy atom. The molecule has 0 aliphatic carbocycles. The average Bonchev–Trinajstić information content (AvgIpc) is 2.80.